The maximum atomic E-state index is 13.5. The number of ketones is 1. The highest BCUT2D eigenvalue weighted by molar-refractivity contribution is 6.67. The number of amides is 2. The van der Waals surface area contributed by atoms with Crippen LogP contribution in [-0.2, 0) is 23.9 Å². The fourth-order valence-corrected chi connectivity index (χ4v) is 5.15. The van der Waals surface area contributed by atoms with Crippen molar-refractivity contribution in [3.05, 3.63) is 47.8 Å². The summed E-state index contributed by atoms with van der Waals surface area (Å²) in [5.74, 6) is -2.45. The van der Waals surface area contributed by atoms with Gasteiger partial charge in [0.2, 0.25) is 9.70 Å². The van der Waals surface area contributed by atoms with Crippen LogP contribution in [-0.4, -0.2) is 67.7 Å². The molecule has 0 aliphatic carbocycles. The molecule has 0 radical (unpaired) electrons. The molecule has 13 heteroatoms. The van der Waals surface area contributed by atoms with E-state index >= 15 is 0 Å². The molecule has 2 aromatic rings. The van der Waals surface area contributed by atoms with Gasteiger partial charge in [0.1, 0.15) is 24.5 Å². The number of esters is 1. The van der Waals surface area contributed by atoms with Gasteiger partial charge in [-0.15, -0.1) is 0 Å². The average Bonchev–Trinajstić information content (AvgIpc) is 2.99. The number of allylic oxidation sites excluding steroid dienone is 1. The van der Waals surface area contributed by atoms with Crippen LogP contribution in [0.1, 0.15) is 78.2 Å². The second kappa shape index (κ2) is 15.9. The van der Waals surface area contributed by atoms with E-state index in [-0.39, 0.29) is 18.1 Å². The molecular weight excluding hydrogens is 655 g/mol. The van der Waals surface area contributed by atoms with Crippen LogP contribution in [0, 0.1) is 17.3 Å². The predicted octanol–water partition coefficient (Wildman–Crippen LogP) is 5.47. The molecule has 3 rings (SSSR count). The number of Topliss-reactive ketones (excluding diaryl/α,β-unsaturated/α-hetero) is 1. The predicted molar refractivity (Wildman–Crippen MR) is 180 cm³/mol. The van der Waals surface area contributed by atoms with Crippen molar-refractivity contribution >= 4 is 75.2 Å². The standard InChI is InChI=1S/C33H43Cl3N4O6/c1-19(2)25(29(43)38-20(3)30(44)40-13-7-8-26(39-40)31(45)46-18-33(34,35)36)16-28(42)32(5,6)12-11-22-9-10-23-17-37-27(21(4)41)15-24(23)14-22/h9-12,14-15,17,19-21,25-26,39,41H,7-8,13,16,18H2,1-6H3,(H,38,43)/b12-11+/t20-,21+,25-,26-/m0/s1. The number of benzene rings is 1. The molecule has 4 atom stereocenters. The van der Waals surface area contributed by atoms with Crippen LogP contribution < -0.4 is 10.7 Å². The van der Waals surface area contributed by atoms with E-state index in [1.807, 2.05) is 50.3 Å². The molecular formula is C33H43Cl3N4O6. The van der Waals surface area contributed by atoms with E-state index in [1.165, 1.54) is 5.01 Å². The zero-order chi connectivity index (χ0) is 34.4. The largest absolute Gasteiger partial charge is 0.460 e. The van der Waals surface area contributed by atoms with Gasteiger partial charge in [-0.2, -0.15) is 0 Å². The molecule has 2 amide bonds. The third-order valence-corrected chi connectivity index (χ3v) is 8.32. The molecule has 252 valence electrons. The van der Waals surface area contributed by atoms with Crippen molar-refractivity contribution in [2.75, 3.05) is 13.2 Å². The van der Waals surface area contributed by atoms with Gasteiger partial charge in [-0.05, 0) is 69.5 Å². The first-order chi connectivity index (χ1) is 21.4. The van der Waals surface area contributed by atoms with Gasteiger partial charge in [0.15, 0.2) is 0 Å². The Morgan fingerprint density at radius 2 is 1.83 bits per heavy atom. The molecule has 1 aromatic carbocycles. The van der Waals surface area contributed by atoms with Crippen molar-refractivity contribution in [2.24, 2.45) is 17.3 Å². The molecule has 46 heavy (non-hydrogen) atoms. The molecule has 2 heterocycles. The molecule has 1 saturated heterocycles. The summed E-state index contributed by atoms with van der Waals surface area (Å²) in [4.78, 5) is 56.7. The van der Waals surface area contributed by atoms with Crippen LogP contribution in [0.2, 0.25) is 0 Å². The summed E-state index contributed by atoms with van der Waals surface area (Å²) in [6.45, 7) is 10.5. The minimum atomic E-state index is -1.75. The number of hydrogen-bond acceptors (Lipinski definition) is 8. The first-order valence-corrected chi connectivity index (χ1v) is 16.4. The third kappa shape index (κ3) is 10.6. The number of halogens is 3. The average molecular weight is 698 g/mol. The van der Waals surface area contributed by atoms with Crippen LogP contribution >= 0.6 is 34.8 Å². The minimum Gasteiger partial charge on any atom is -0.460 e. The van der Waals surface area contributed by atoms with E-state index in [0.717, 1.165) is 16.3 Å². The number of alkyl halides is 3. The lowest BCUT2D eigenvalue weighted by atomic mass is 9.79. The first-order valence-electron chi connectivity index (χ1n) is 15.3. The fraction of sp³-hybridized carbons (Fsp3) is 0.545. The van der Waals surface area contributed by atoms with Crippen molar-refractivity contribution in [1.82, 2.24) is 20.7 Å². The Morgan fingerprint density at radius 3 is 2.46 bits per heavy atom. The van der Waals surface area contributed by atoms with Crippen molar-refractivity contribution in [2.45, 2.75) is 82.8 Å². The van der Waals surface area contributed by atoms with Gasteiger partial charge in [0.05, 0.1) is 11.8 Å². The molecule has 10 nitrogen and oxygen atoms in total. The summed E-state index contributed by atoms with van der Waals surface area (Å²) in [6.07, 6.45) is 5.67. The van der Waals surface area contributed by atoms with Crippen molar-refractivity contribution in [3.63, 3.8) is 0 Å². The Labute approximate surface area is 285 Å². The molecule has 0 bridgehead atoms. The van der Waals surface area contributed by atoms with Crippen LogP contribution in [0.15, 0.2) is 36.5 Å². The Bertz CT molecular complexity index is 1460. The second-order valence-electron chi connectivity index (χ2n) is 12.7. The number of hydrogen-bond donors (Lipinski definition) is 3. The fourth-order valence-electron chi connectivity index (χ4n) is 4.98. The number of rotatable bonds is 12. The highest BCUT2D eigenvalue weighted by Crippen LogP contribution is 2.29. The number of nitrogens with one attached hydrogen (secondary N) is 2. The second-order valence-corrected chi connectivity index (χ2v) is 15.2. The number of fused-ring (bicyclic) bond motifs is 1. The third-order valence-electron chi connectivity index (χ3n) is 8.00. The van der Waals surface area contributed by atoms with E-state index < -0.39 is 57.7 Å². The summed E-state index contributed by atoms with van der Waals surface area (Å²) < 4.78 is 3.29. The number of aliphatic hydroxyl groups excluding tert-OH is 1. The number of aromatic nitrogens is 1. The lowest BCUT2D eigenvalue weighted by Gasteiger charge is -2.34. The Morgan fingerprint density at radius 1 is 1.13 bits per heavy atom. The number of carbonyl (C=O) groups is 4. The molecule has 1 fully saturated rings. The van der Waals surface area contributed by atoms with Crippen molar-refractivity contribution in [3.8, 4) is 0 Å². The van der Waals surface area contributed by atoms with Crippen LogP contribution in [0.4, 0.5) is 0 Å². The Kier molecular flexibility index (Phi) is 13.0. The Balaban J connectivity index is 1.62. The molecule has 1 aliphatic heterocycles. The van der Waals surface area contributed by atoms with Crippen molar-refractivity contribution in [1.29, 1.82) is 0 Å². The van der Waals surface area contributed by atoms with Crippen molar-refractivity contribution < 1.29 is 29.0 Å². The normalized spacial score (nSPS) is 18.0. The molecule has 0 saturated carbocycles. The topological polar surface area (TPSA) is 138 Å². The summed E-state index contributed by atoms with van der Waals surface area (Å²) >= 11 is 17.0. The lowest BCUT2D eigenvalue weighted by molar-refractivity contribution is -0.153. The van der Waals surface area contributed by atoms with E-state index in [0.29, 0.717) is 25.1 Å². The number of pyridine rings is 1. The van der Waals surface area contributed by atoms with Gasteiger partial charge in [-0.3, -0.25) is 29.2 Å². The monoisotopic (exact) mass is 696 g/mol. The van der Waals surface area contributed by atoms with Gasteiger partial charge in [0.25, 0.3) is 5.91 Å². The lowest BCUT2D eigenvalue weighted by Crippen LogP contribution is -2.60. The quantitative estimate of drug-likeness (QED) is 0.196. The SMILES string of the molecule is CC(C)[C@H](CC(=O)C(C)(C)/C=C/c1ccc2cnc([C@@H](C)O)cc2c1)C(=O)N[C@@H](C)C(=O)N1CCC[C@@H](C(=O)OCC(Cl)(Cl)Cl)N1. The first kappa shape index (κ1) is 37.7. The zero-order valence-electron chi connectivity index (χ0n) is 27.0. The van der Waals surface area contributed by atoms with Crippen LogP contribution in [0.3, 0.4) is 0 Å². The number of carbonyl (C=O) groups excluding carboxylic acids is 4. The van der Waals surface area contributed by atoms with E-state index in [1.54, 1.807) is 33.9 Å². The molecule has 1 aliphatic rings. The molecule has 1 aromatic heterocycles. The van der Waals surface area contributed by atoms with E-state index in [2.05, 4.69) is 15.7 Å². The van der Waals surface area contributed by atoms with Gasteiger partial charge in [-0.25, -0.2) is 5.43 Å². The number of ether oxygens (including phenoxy) is 1. The zero-order valence-corrected chi connectivity index (χ0v) is 29.2. The van der Waals surface area contributed by atoms with Gasteiger partial charge < -0.3 is 15.2 Å². The van der Waals surface area contributed by atoms with Crippen LogP contribution in [0.5, 0.6) is 0 Å². The Hall–Kier alpha value is -2.76. The molecule has 0 unspecified atom stereocenters. The molecule has 0 spiro atoms. The van der Waals surface area contributed by atoms with Gasteiger partial charge in [-0.1, -0.05) is 72.9 Å². The van der Waals surface area contributed by atoms with E-state index in [4.69, 9.17) is 39.5 Å². The number of nitrogens with zero attached hydrogens (tertiary/aromatic N) is 2. The highest BCUT2D eigenvalue weighted by atomic mass is 35.6. The maximum absolute atomic E-state index is 13.5. The minimum absolute atomic E-state index is 0.0119. The summed E-state index contributed by atoms with van der Waals surface area (Å²) in [5, 5.41) is 15.8. The van der Waals surface area contributed by atoms with E-state index in [9.17, 15) is 24.3 Å². The summed E-state index contributed by atoms with van der Waals surface area (Å²) in [6, 6.07) is 5.94. The summed E-state index contributed by atoms with van der Waals surface area (Å²) in [5.41, 5.74) is 3.43. The maximum Gasteiger partial charge on any atom is 0.325 e. The van der Waals surface area contributed by atoms with Crippen LogP contribution in [0.25, 0.3) is 16.8 Å². The highest BCUT2D eigenvalue weighted by Gasteiger charge is 2.35. The number of hydrazine groups is 1. The summed E-state index contributed by atoms with van der Waals surface area (Å²) in [7, 11) is 0. The van der Waals surface area contributed by atoms with Gasteiger partial charge >= 0.3 is 5.97 Å². The smallest absolute Gasteiger partial charge is 0.325 e. The molecule has 3 N–H and O–H groups in total. The van der Waals surface area contributed by atoms with Gasteiger partial charge in [0, 0.05) is 35.9 Å². The number of aliphatic hydroxyl groups is 1.